The fraction of sp³-hybridized carbons (Fsp3) is 0.231. The van der Waals surface area contributed by atoms with Crippen LogP contribution in [0.4, 0.5) is 21.6 Å². The third-order valence-electron chi connectivity index (χ3n) is 6.28. The first-order valence-electron chi connectivity index (χ1n) is 11.8. The number of aromatic hydroxyl groups is 1. The maximum absolute atomic E-state index is 14.4. The number of amides is 1. The lowest BCUT2D eigenvalue weighted by Gasteiger charge is -2.22. The molecule has 1 aliphatic rings. The van der Waals surface area contributed by atoms with Gasteiger partial charge in [-0.25, -0.2) is 14.4 Å². The highest BCUT2D eigenvalue weighted by Crippen LogP contribution is 2.28. The predicted molar refractivity (Wildman–Crippen MR) is 137 cm³/mol. The number of likely N-dealkylation sites (tertiary alicyclic amines) is 1. The lowest BCUT2D eigenvalue weighted by molar-refractivity contribution is -0.120. The molecule has 3 aromatic heterocycles. The zero-order valence-corrected chi connectivity index (χ0v) is 20.3. The summed E-state index contributed by atoms with van der Waals surface area (Å²) in [6.45, 7) is 1.08. The van der Waals surface area contributed by atoms with Gasteiger partial charge in [0, 0.05) is 41.9 Å². The van der Waals surface area contributed by atoms with E-state index in [-0.39, 0.29) is 37.0 Å². The Hall–Kier alpha value is -4.71. The Balaban J connectivity index is 1.38. The van der Waals surface area contributed by atoms with E-state index in [1.165, 1.54) is 47.1 Å². The fourth-order valence-electron chi connectivity index (χ4n) is 4.57. The number of carbonyl (C=O) groups is 3. The highest BCUT2D eigenvalue weighted by atomic mass is 19.1. The standard InChI is InChI=1S/C26H24FN7O4/c1-15(35)20-12-34(21-6-5-17(8-19(20)21)30-18-9-28-14-29-10-18)25(37)13-33-11-16(27)7-22(33)26(38)32-23-3-2-4-24(36)31-23/h2-6,8-10,12,14,16,22,30H,7,11,13H2,1H3,(H2,31,32,36,38)/t16-,22+/m1/s1. The molecule has 2 atom stereocenters. The van der Waals surface area contributed by atoms with Gasteiger partial charge < -0.3 is 15.7 Å². The molecule has 0 aliphatic carbocycles. The molecule has 1 fully saturated rings. The molecule has 0 saturated carbocycles. The fourth-order valence-corrected chi connectivity index (χ4v) is 4.57. The number of alkyl halides is 1. The van der Waals surface area contributed by atoms with Gasteiger partial charge in [-0.1, -0.05) is 6.07 Å². The number of rotatable bonds is 7. The van der Waals surface area contributed by atoms with E-state index in [4.69, 9.17) is 0 Å². The molecular weight excluding hydrogens is 493 g/mol. The van der Waals surface area contributed by atoms with E-state index in [2.05, 4.69) is 25.6 Å². The Kier molecular flexibility index (Phi) is 6.79. The van der Waals surface area contributed by atoms with Crippen molar-refractivity contribution in [1.29, 1.82) is 0 Å². The summed E-state index contributed by atoms with van der Waals surface area (Å²) < 4.78 is 15.7. The summed E-state index contributed by atoms with van der Waals surface area (Å²) in [7, 11) is 0. The molecular formula is C26H24FN7O4. The second kappa shape index (κ2) is 10.3. The first-order chi connectivity index (χ1) is 18.3. The van der Waals surface area contributed by atoms with Crippen LogP contribution in [0.3, 0.4) is 0 Å². The number of carbonyl (C=O) groups excluding carboxylic acids is 3. The molecule has 1 amide bonds. The second-order valence-corrected chi connectivity index (χ2v) is 9.00. The number of hydrogen-bond donors (Lipinski definition) is 3. The Morgan fingerprint density at radius 3 is 2.66 bits per heavy atom. The first kappa shape index (κ1) is 25.0. The van der Waals surface area contributed by atoms with Crippen LogP contribution in [-0.4, -0.2) is 72.4 Å². The molecule has 1 saturated heterocycles. The molecule has 4 aromatic rings. The van der Waals surface area contributed by atoms with Gasteiger partial charge in [0.2, 0.25) is 17.7 Å². The smallest absolute Gasteiger partial charge is 0.245 e. The summed E-state index contributed by atoms with van der Waals surface area (Å²) in [5, 5.41) is 15.8. The summed E-state index contributed by atoms with van der Waals surface area (Å²) in [5.41, 5.74) is 2.20. The van der Waals surface area contributed by atoms with E-state index in [9.17, 15) is 23.9 Å². The summed E-state index contributed by atoms with van der Waals surface area (Å²) in [6, 6.07) is 8.70. The molecule has 1 aliphatic heterocycles. The molecule has 194 valence electrons. The Morgan fingerprint density at radius 1 is 1.13 bits per heavy atom. The number of pyridine rings is 1. The van der Waals surface area contributed by atoms with Crippen LogP contribution < -0.4 is 10.6 Å². The normalized spacial score (nSPS) is 17.4. The largest absolute Gasteiger partial charge is 0.493 e. The van der Waals surface area contributed by atoms with Crippen LogP contribution in [-0.2, 0) is 4.79 Å². The topological polar surface area (TPSA) is 142 Å². The lowest BCUT2D eigenvalue weighted by Crippen LogP contribution is -2.43. The van der Waals surface area contributed by atoms with E-state index in [1.54, 1.807) is 30.6 Å². The SMILES string of the molecule is CC(=O)c1cn(C(=O)CN2C[C@H](F)C[C@H]2C(=O)Nc2cccc(O)n2)c2ccc(Nc3cncnc3)cc12. The van der Waals surface area contributed by atoms with Crippen LogP contribution in [0.15, 0.2) is 61.3 Å². The van der Waals surface area contributed by atoms with Gasteiger partial charge in [0.25, 0.3) is 0 Å². The summed E-state index contributed by atoms with van der Waals surface area (Å²) >= 11 is 0. The average molecular weight is 518 g/mol. The molecule has 5 rings (SSSR count). The number of aromatic nitrogens is 4. The molecule has 0 bridgehead atoms. The number of nitrogens with zero attached hydrogens (tertiary/aromatic N) is 5. The van der Waals surface area contributed by atoms with Crippen molar-refractivity contribution in [3.8, 4) is 5.88 Å². The minimum Gasteiger partial charge on any atom is -0.493 e. The van der Waals surface area contributed by atoms with Crippen LogP contribution in [0, 0.1) is 0 Å². The molecule has 4 heterocycles. The molecule has 12 heteroatoms. The van der Waals surface area contributed by atoms with Gasteiger partial charge in [0.05, 0.1) is 36.2 Å². The van der Waals surface area contributed by atoms with Crippen LogP contribution in [0.5, 0.6) is 5.88 Å². The number of Topliss-reactive ketones (excluding diaryl/α,β-unsaturated/α-hetero) is 1. The van der Waals surface area contributed by atoms with Crippen molar-refractivity contribution in [2.45, 2.75) is 25.6 Å². The maximum Gasteiger partial charge on any atom is 0.245 e. The van der Waals surface area contributed by atoms with E-state index >= 15 is 0 Å². The molecule has 0 radical (unpaired) electrons. The van der Waals surface area contributed by atoms with Crippen molar-refractivity contribution >= 4 is 45.7 Å². The van der Waals surface area contributed by atoms with Crippen molar-refractivity contribution in [2.24, 2.45) is 0 Å². The zero-order chi connectivity index (χ0) is 26.8. The number of halogens is 1. The number of hydrogen-bond acceptors (Lipinski definition) is 9. The summed E-state index contributed by atoms with van der Waals surface area (Å²) in [6.07, 6.45) is 4.72. The van der Waals surface area contributed by atoms with Crippen LogP contribution >= 0.6 is 0 Å². The monoisotopic (exact) mass is 517 g/mol. The first-order valence-corrected chi connectivity index (χ1v) is 11.8. The van der Waals surface area contributed by atoms with Gasteiger partial charge in [0.15, 0.2) is 5.78 Å². The van der Waals surface area contributed by atoms with E-state index in [0.717, 1.165) is 0 Å². The predicted octanol–water partition coefficient (Wildman–Crippen LogP) is 3.17. The molecule has 0 unspecified atom stereocenters. The van der Waals surface area contributed by atoms with Gasteiger partial charge in [0.1, 0.15) is 18.3 Å². The van der Waals surface area contributed by atoms with Crippen LogP contribution in [0.1, 0.15) is 28.5 Å². The number of fused-ring (bicyclic) bond motifs is 1. The van der Waals surface area contributed by atoms with E-state index < -0.39 is 24.0 Å². The molecule has 3 N–H and O–H groups in total. The Bertz CT molecular complexity index is 1520. The third kappa shape index (κ3) is 5.20. The van der Waals surface area contributed by atoms with Crippen molar-refractivity contribution in [1.82, 2.24) is 24.4 Å². The van der Waals surface area contributed by atoms with Gasteiger partial charge in [-0.05, 0) is 31.2 Å². The number of ketones is 1. The van der Waals surface area contributed by atoms with Crippen molar-refractivity contribution in [3.63, 3.8) is 0 Å². The van der Waals surface area contributed by atoms with Crippen molar-refractivity contribution in [3.05, 3.63) is 66.9 Å². The molecule has 1 aromatic carbocycles. The van der Waals surface area contributed by atoms with Gasteiger partial charge in [-0.15, -0.1) is 0 Å². The lowest BCUT2D eigenvalue weighted by atomic mass is 10.1. The number of anilines is 3. The highest BCUT2D eigenvalue weighted by Gasteiger charge is 2.38. The minimum absolute atomic E-state index is 0.0821. The van der Waals surface area contributed by atoms with Crippen molar-refractivity contribution in [2.75, 3.05) is 23.7 Å². The Morgan fingerprint density at radius 2 is 1.92 bits per heavy atom. The van der Waals surface area contributed by atoms with Gasteiger partial charge in [-0.2, -0.15) is 4.98 Å². The highest BCUT2D eigenvalue weighted by molar-refractivity contribution is 6.10. The van der Waals surface area contributed by atoms with Gasteiger partial charge >= 0.3 is 0 Å². The third-order valence-corrected chi connectivity index (χ3v) is 6.28. The molecule has 38 heavy (non-hydrogen) atoms. The van der Waals surface area contributed by atoms with E-state index in [0.29, 0.717) is 27.8 Å². The molecule has 0 spiro atoms. The minimum atomic E-state index is -1.29. The number of benzene rings is 1. The molecule has 11 nitrogen and oxygen atoms in total. The second-order valence-electron chi connectivity index (χ2n) is 9.00. The van der Waals surface area contributed by atoms with E-state index in [1.807, 2.05) is 0 Å². The van der Waals surface area contributed by atoms with Crippen LogP contribution in [0.2, 0.25) is 0 Å². The summed E-state index contributed by atoms with van der Waals surface area (Å²) in [4.78, 5) is 51.9. The average Bonchev–Trinajstić information content (AvgIpc) is 3.45. The maximum atomic E-state index is 14.4. The van der Waals surface area contributed by atoms with Gasteiger partial charge in [-0.3, -0.25) is 23.9 Å². The van der Waals surface area contributed by atoms with Crippen LogP contribution in [0.25, 0.3) is 10.9 Å². The number of nitrogens with one attached hydrogen (secondary N) is 2. The Labute approximate surface area is 216 Å². The quantitative estimate of drug-likeness (QED) is 0.315. The zero-order valence-electron chi connectivity index (χ0n) is 20.3. The summed E-state index contributed by atoms with van der Waals surface area (Å²) in [5.74, 6) is -1.30. The van der Waals surface area contributed by atoms with Crippen molar-refractivity contribution < 1.29 is 23.9 Å².